The van der Waals surface area contributed by atoms with Crippen LogP contribution in [-0.2, 0) is 4.79 Å². The van der Waals surface area contributed by atoms with Crippen LogP contribution in [0.25, 0.3) is 0 Å². The minimum atomic E-state index is -0.712. The molecule has 0 aromatic carbocycles. The Labute approximate surface area is 94.5 Å². The van der Waals surface area contributed by atoms with Crippen molar-refractivity contribution >= 4 is 5.91 Å². The van der Waals surface area contributed by atoms with Crippen molar-refractivity contribution in [3.63, 3.8) is 0 Å². The van der Waals surface area contributed by atoms with Crippen LogP contribution in [0.2, 0.25) is 0 Å². The van der Waals surface area contributed by atoms with E-state index < -0.39 is 23.0 Å². The van der Waals surface area contributed by atoms with Gasteiger partial charge in [-0.3, -0.25) is 4.79 Å². The highest BCUT2D eigenvalue weighted by Crippen LogP contribution is 2.54. The molecule has 3 atom stereocenters. The van der Waals surface area contributed by atoms with Crippen molar-refractivity contribution < 1.29 is 15.2 Å². The number of rotatable bonds is 1. The largest absolute Gasteiger partial charge is 0.368 e. The van der Waals surface area contributed by atoms with Gasteiger partial charge in [-0.25, -0.2) is 0 Å². The first-order valence-electron chi connectivity index (χ1n) is 5.39. The first-order valence-corrected chi connectivity index (χ1v) is 5.39. The van der Waals surface area contributed by atoms with E-state index >= 15 is 0 Å². The van der Waals surface area contributed by atoms with E-state index in [1.807, 2.05) is 27.7 Å². The van der Waals surface area contributed by atoms with Gasteiger partial charge in [0.2, 0.25) is 5.91 Å². The number of hydroxylamine groups is 4. The van der Waals surface area contributed by atoms with E-state index in [4.69, 9.17) is 5.73 Å². The number of nitrogens with two attached hydrogens (primary N) is 1. The Balaban J connectivity index is 2.41. The number of amides is 1. The molecule has 2 aliphatic rings. The van der Waals surface area contributed by atoms with E-state index in [1.165, 1.54) is 5.06 Å². The molecule has 0 aromatic rings. The smallest absolute Gasteiger partial charge is 0.237 e. The summed E-state index contributed by atoms with van der Waals surface area (Å²) in [5, 5.41) is 22.2. The lowest BCUT2D eigenvalue weighted by atomic mass is 9.70. The molecule has 92 valence electrons. The lowest BCUT2D eigenvalue weighted by Crippen LogP contribution is -2.71. The predicted molar refractivity (Wildman–Crippen MR) is 55.7 cm³/mol. The molecule has 2 saturated heterocycles. The van der Waals surface area contributed by atoms with Crippen molar-refractivity contribution in [1.29, 1.82) is 0 Å². The van der Waals surface area contributed by atoms with Crippen LogP contribution in [-0.4, -0.2) is 49.6 Å². The first-order chi connectivity index (χ1) is 7.13. The van der Waals surface area contributed by atoms with Crippen LogP contribution in [0.5, 0.6) is 0 Å². The van der Waals surface area contributed by atoms with E-state index in [9.17, 15) is 15.2 Å². The second-order valence-corrected chi connectivity index (χ2v) is 5.82. The van der Waals surface area contributed by atoms with Crippen molar-refractivity contribution in [1.82, 2.24) is 10.1 Å². The van der Waals surface area contributed by atoms with Gasteiger partial charge in [-0.2, -0.15) is 10.1 Å². The van der Waals surface area contributed by atoms with Gasteiger partial charge in [0.05, 0.1) is 11.6 Å². The van der Waals surface area contributed by atoms with Crippen LogP contribution in [0.1, 0.15) is 27.7 Å². The summed E-state index contributed by atoms with van der Waals surface area (Å²) >= 11 is 0. The number of hydrogen-bond donors (Lipinski definition) is 3. The Morgan fingerprint density at radius 2 is 1.69 bits per heavy atom. The number of nitrogens with zero attached hydrogens (tertiary/aromatic N) is 2. The maximum absolute atomic E-state index is 11.3. The SMILES string of the molecule is CC1(C)C2C(C(N)=O)N(O)C2C(C)(C)N1O. The molecule has 6 nitrogen and oxygen atoms in total. The predicted octanol–water partition coefficient (Wildman–Crippen LogP) is -0.208. The van der Waals surface area contributed by atoms with Crippen molar-refractivity contribution in [2.24, 2.45) is 11.7 Å². The molecule has 0 bridgehead atoms. The summed E-state index contributed by atoms with van der Waals surface area (Å²) in [7, 11) is 0. The number of fused-ring (bicyclic) bond motifs is 1. The number of carbonyl (C=O) groups is 1. The molecular formula is C10H19N3O3. The number of hydrogen-bond acceptors (Lipinski definition) is 5. The van der Waals surface area contributed by atoms with E-state index in [2.05, 4.69) is 0 Å². The third kappa shape index (κ3) is 1.08. The third-order valence-corrected chi connectivity index (χ3v) is 4.17. The van der Waals surface area contributed by atoms with E-state index in [0.717, 1.165) is 5.06 Å². The summed E-state index contributed by atoms with van der Waals surface area (Å²) in [6.45, 7) is 7.37. The molecular weight excluding hydrogens is 210 g/mol. The second kappa shape index (κ2) is 2.95. The summed E-state index contributed by atoms with van der Waals surface area (Å²) in [6.07, 6.45) is 0. The lowest BCUT2D eigenvalue weighted by Gasteiger charge is -2.51. The molecule has 2 aliphatic heterocycles. The van der Waals surface area contributed by atoms with Crippen LogP contribution < -0.4 is 5.73 Å². The fourth-order valence-corrected chi connectivity index (χ4v) is 3.43. The summed E-state index contributed by atoms with van der Waals surface area (Å²) in [4.78, 5) is 11.3. The van der Waals surface area contributed by atoms with Crippen molar-refractivity contribution in [3.05, 3.63) is 0 Å². The lowest BCUT2D eigenvalue weighted by molar-refractivity contribution is -0.258. The fraction of sp³-hybridized carbons (Fsp3) is 0.900. The molecule has 1 amide bonds. The molecule has 2 heterocycles. The van der Waals surface area contributed by atoms with E-state index in [-0.39, 0.29) is 12.0 Å². The minimum Gasteiger partial charge on any atom is -0.368 e. The van der Waals surface area contributed by atoms with Crippen LogP contribution >= 0.6 is 0 Å². The molecule has 4 N–H and O–H groups in total. The number of primary amides is 1. The van der Waals surface area contributed by atoms with Crippen LogP contribution in [0.3, 0.4) is 0 Å². The quantitative estimate of drug-likeness (QED) is 0.579. The van der Waals surface area contributed by atoms with Gasteiger partial charge in [-0.05, 0) is 27.7 Å². The van der Waals surface area contributed by atoms with E-state index in [1.54, 1.807) is 0 Å². The minimum absolute atomic E-state index is 0.157. The Morgan fingerprint density at radius 3 is 2.12 bits per heavy atom. The van der Waals surface area contributed by atoms with E-state index in [0.29, 0.717) is 0 Å². The number of carbonyl (C=O) groups excluding carboxylic acids is 1. The monoisotopic (exact) mass is 229 g/mol. The van der Waals surface area contributed by atoms with Crippen LogP contribution in [0.15, 0.2) is 0 Å². The first kappa shape index (κ1) is 11.8. The highest BCUT2D eigenvalue weighted by molar-refractivity contribution is 5.82. The molecule has 0 aromatic heterocycles. The maximum atomic E-state index is 11.3. The van der Waals surface area contributed by atoms with Crippen LogP contribution in [0.4, 0.5) is 0 Å². The summed E-state index contributed by atoms with van der Waals surface area (Å²) in [5.74, 6) is -0.710. The summed E-state index contributed by atoms with van der Waals surface area (Å²) in [5.41, 5.74) is 4.08. The average Bonchev–Trinajstić information content (AvgIpc) is 2.20. The molecule has 2 fully saturated rings. The van der Waals surface area contributed by atoms with Gasteiger partial charge in [0.1, 0.15) is 6.04 Å². The molecule has 6 heteroatoms. The van der Waals surface area contributed by atoms with Crippen LogP contribution in [0, 0.1) is 5.92 Å². The molecule has 2 rings (SSSR count). The summed E-state index contributed by atoms with van der Waals surface area (Å²) in [6, 6.07) is -0.985. The topological polar surface area (TPSA) is 90.0 Å². The van der Waals surface area contributed by atoms with Crippen molar-refractivity contribution in [2.45, 2.75) is 50.9 Å². The van der Waals surface area contributed by atoms with Gasteiger partial charge in [-0.1, -0.05) is 0 Å². The maximum Gasteiger partial charge on any atom is 0.237 e. The molecule has 16 heavy (non-hydrogen) atoms. The van der Waals surface area contributed by atoms with Gasteiger partial charge < -0.3 is 16.1 Å². The Morgan fingerprint density at radius 1 is 1.19 bits per heavy atom. The second-order valence-electron chi connectivity index (χ2n) is 5.82. The van der Waals surface area contributed by atoms with Gasteiger partial charge >= 0.3 is 0 Å². The zero-order chi connectivity index (χ0) is 12.5. The molecule has 0 aliphatic carbocycles. The van der Waals surface area contributed by atoms with Gasteiger partial charge in [0.15, 0.2) is 0 Å². The van der Waals surface area contributed by atoms with Gasteiger partial charge in [-0.15, -0.1) is 0 Å². The Hall–Kier alpha value is -0.690. The summed E-state index contributed by atoms with van der Waals surface area (Å²) < 4.78 is 0. The molecule has 3 unspecified atom stereocenters. The fourth-order valence-electron chi connectivity index (χ4n) is 3.43. The normalized spacial score (nSPS) is 41.5. The molecule has 0 spiro atoms. The average molecular weight is 229 g/mol. The Bertz CT molecular complexity index is 342. The highest BCUT2D eigenvalue weighted by atomic mass is 16.5. The van der Waals surface area contributed by atoms with Gasteiger partial charge in [0, 0.05) is 11.5 Å². The van der Waals surface area contributed by atoms with Crippen molar-refractivity contribution in [2.75, 3.05) is 0 Å². The molecule has 0 radical (unpaired) electrons. The molecule has 0 saturated carbocycles. The zero-order valence-electron chi connectivity index (χ0n) is 10.0. The van der Waals surface area contributed by atoms with Crippen molar-refractivity contribution in [3.8, 4) is 0 Å². The van der Waals surface area contributed by atoms with Gasteiger partial charge in [0.25, 0.3) is 0 Å². The third-order valence-electron chi connectivity index (χ3n) is 4.17. The zero-order valence-corrected chi connectivity index (χ0v) is 10.0. The highest BCUT2D eigenvalue weighted by Gasteiger charge is 2.71. The Kier molecular flexibility index (Phi) is 2.17. The standard InChI is InChI=1S/C10H19N3O3/c1-9(2)5-6(8(11)14)12(15)7(5)10(3,4)13(9)16/h5-7,15-16H,1-4H3,(H2,11,14).